The van der Waals surface area contributed by atoms with E-state index in [0.717, 1.165) is 17.7 Å². The van der Waals surface area contributed by atoms with Crippen LogP contribution in [0.25, 0.3) is 0 Å². The molecule has 0 saturated heterocycles. The van der Waals surface area contributed by atoms with Gasteiger partial charge in [0.2, 0.25) is 0 Å². The summed E-state index contributed by atoms with van der Waals surface area (Å²) >= 11 is 0. The van der Waals surface area contributed by atoms with Crippen molar-refractivity contribution in [1.29, 1.82) is 0 Å². The average Bonchev–Trinajstić information content (AvgIpc) is 2.55. The largest absolute Gasteiger partial charge is 0.478 e. The molecule has 1 fully saturated rings. The van der Waals surface area contributed by atoms with Crippen LogP contribution < -0.4 is 5.32 Å². The fourth-order valence-corrected chi connectivity index (χ4v) is 2.87. The minimum absolute atomic E-state index is 0.377. The normalized spacial score (nSPS) is 23.7. The predicted octanol–water partition coefficient (Wildman–Crippen LogP) is 4.07. The smallest absolute Gasteiger partial charge is 0.337 e. The summed E-state index contributed by atoms with van der Waals surface area (Å²) in [4.78, 5) is 11.3. The van der Waals surface area contributed by atoms with Crippen molar-refractivity contribution >= 4 is 11.7 Å². The Morgan fingerprint density at radius 3 is 2.74 bits per heavy atom. The van der Waals surface area contributed by atoms with Gasteiger partial charge in [-0.05, 0) is 43.4 Å². The zero-order chi connectivity index (χ0) is 13.8. The SMILES string of the molecule is Cc1ccc(C(=O)O)c(NC2CCCCCC2C)c1. The third-order valence-corrected chi connectivity index (χ3v) is 4.11. The van der Waals surface area contributed by atoms with Crippen LogP contribution >= 0.6 is 0 Å². The molecular formula is C16H23NO2. The fraction of sp³-hybridized carbons (Fsp3) is 0.562. The number of carbonyl (C=O) groups is 1. The molecule has 3 heteroatoms. The zero-order valence-corrected chi connectivity index (χ0v) is 11.8. The second-order valence-corrected chi connectivity index (χ2v) is 5.72. The molecule has 0 aliphatic heterocycles. The van der Waals surface area contributed by atoms with E-state index >= 15 is 0 Å². The minimum Gasteiger partial charge on any atom is -0.478 e. The van der Waals surface area contributed by atoms with Gasteiger partial charge in [-0.25, -0.2) is 4.79 Å². The molecule has 1 aliphatic rings. The Balaban J connectivity index is 2.21. The molecule has 19 heavy (non-hydrogen) atoms. The van der Waals surface area contributed by atoms with E-state index in [-0.39, 0.29) is 0 Å². The second kappa shape index (κ2) is 6.09. The Hall–Kier alpha value is -1.51. The monoisotopic (exact) mass is 261 g/mol. The van der Waals surface area contributed by atoms with Crippen LogP contribution in [-0.2, 0) is 0 Å². The molecule has 3 nitrogen and oxygen atoms in total. The summed E-state index contributed by atoms with van der Waals surface area (Å²) in [6, 6.07) is 5.88. The molecule has 104 valence electrons. The first-order chi connectivity index (χ1) is 9.08. The van der Waals surface area contributed by atoms with Gasteiger partial charge in [-0.2, -0.15) is 0 Å². The number of hydrogen-bond donors (Lipinski definition) is 2. The van der Waals surface area contributed by atoms with E-state index in [4.69, 9.17) is 0 Å². The number of carboxylic acids is 1. The number of carboxylic acid groups (broad SMARTS) is 1. The Labute approximate surface area is 115 Å². The molecule has 1 aromatic rings. The molecule has 1 aliphatic carbocycles. The third-order valence-electron chi connectivity index (χ3n) is 4.11. The topological polar surface area (TPSA) is 49.3 Å². The quantitative estimate of drug-likeness (QED) is 0.806. The number of rotatable bonds is 3. The second-order valence-electron chi connectivity index (χ2n) is 5.72. The highest BCUT2D eigenvalue weighted by Crippen LogP contribution is 2.27. The summed E-state index contributed by atoms with van der Waals surface area (Å²) < 4.78 is 0. The third kappa shape index (κ3) is 3.49. The minimum atomic E-state index is -0.858. The first-order valence-corrected chi connectivity index (χ1v) is 7.18. The summed E-state index contributed by atoms with van der Waals surface area (Å²) in [5.74, 6) is -0.256. The van der Waals surface area contributed by atoms with E-state index in [1.54, 1.807) is 6.07 Å². The predicted molar refractivity (Wildman–Crippen MR) is 77.8 cm³/mol. The van der Waals surface area contributed by atoms with E-state index in [2.05, 4.69) is 12.2 Å². The van der Waals surface area contributed by atoms with Gasteiger partial charge in [-0.3, -0.25) is 0 Å². The molecular weight excluding hydrogens is 238 g/mol. The molecule has 2 atom stereocenters. The van der Waals surface area contributed by atoms with E-state index in [9.17, 15) is 9.90 Å². The van der Waals surface area contributed by atoms with Crippen LogP contribution in [0.1, 0.15) is 54.9 Å². The number of aromatic carboxylic acids is 1. The summed E-state index contributed by atoms with van der Waals surface area (Å²) in [5.41, 5.74) is 2.24. The van der Waals surface area contributed by atoms with Gasteiger partial charge in [0.1, 0.15) is 0 Å². The van der Waals surface area contributed by atoms with Crippen LogP contribution in [0.5, 0.6) is 0 Å². The van der Waals surface area contributed by atoms with Crippen LogP contribution in [0.4, 0.5) is 5.69 Å². The molecule has 1 aromatic carbocycles. The lowest BCUT2D eigenvalue weighted by atomic mass is 9.96. The molecule has 1 saturated carbocycles. The van der Waals surface area contributed by atoms with Crippen molar-refractivity contribution in [2.75, 3.05) is 5.32 Å². The van der Waals surface area contributed by atoms with Gasteiger partial charge in [-0.15, -0.1) is 0 Å². The molecule has 0 radical (unpaired) electrons. The highest BCUT2D eigenvalue weighted by Gasteiger charge is 2.21. The van der Waals surface area contributed by atoms with Crippen LogP contribution in [0.15, 0.2) is 18.2 Å². The van der Waals surface area contributed by atoms with Crippen molar-refractivity contribution in [1.82, 2.24) is 0 Å². The maximum Gasteiger partial charge on any atom is 0.337 e. The summed E-state index contributed by atoms with van der Waals surface area (Å²) in [6.45, 7) is 4.26. The van der Waals surface area contributed by atoms with Crippen LogP contribution in [0, 0.1) is 12.8 Å². The molecule has 0 aromatic heterocycles. The first kappa shape index (κ1) is 13.9. The Kier molecular flexibility index (Phi) is 4.46. The van der Waals surface area contributed by atoms with Crippen molar-refractivity contribution in [2.45, 2.75) is 52.0 Å². The number of anilines is 1. The summed E-state index contributed by atoms with van der Waals surface area (Å²) in [7, 11) is 0. The van der Waals surface area contributed by atoms with Crippen LogP contribution in [0.2, 0.25) is 0 Å². The maximum absolute atomic E-state index is 11.3. The van der Waals surface area contributed by atoms with Gasteiger partial charge in [0.15, 0.2) is 0 Å². The van der Waals surface area contributed by atoms with Crippen LogP contribution in [0.3, 0.4) is 0 Å². The van der Waals surface area contributed by atoms with Crippen molar-refractivity contribution in [2.24, 2.45) is 5.92 Å². The highest BCUT2D eigenvalue weighted by molar-refractivity contribution is 5.94. The number of nitrogens with one attached hydrogen (secondary N) is 1. The van der Waals surface area contributed by atoms with Gasteiger partial charge in [0.25, 0.3) is 0 Å². The van der Waals surface area contributed by atoms with Crippen molar-refractivity contribution < 1.29 is 9.90 Å². The zero-order valence-electron chi connectivity index (χ0n) is 11.8. The van der Waals surface area contributed by atoms with Gasteiger partial charge < -0.3 is 10.4 Å². The van der Waals surface area contributed by atoms with E-state index < -0.39 is 5.97 Å². The fourth-order valence-electron chi connectivity index (χ4n) is 2.87. The molecule has 2 N–H and O–H groups in total. The van der Waals surface area contributed by atoms with Crippen molar-refractivity contribution in [3.05, 3.63) is 29.3 Å². The average molecular weight is 261 g/mol. The van der Waals surface area contributed by atoms with E-state index in [1.165, 1.54) is 25.7 Å². The van der Waals surface area contributed by atoms with Gasteiger partial charge >= 0.3 is 5.97 Å². The number of benzene rings is 1. The first-order valence-electron chi connectivity index (χ1n) is 7.18. The molecule has 2 unspecified atom stereocenters. The van der Waals surface area contributed by atoms with Gasteiger partial charge in [0, 0.05) is 11.7 Å². The highest BCUT2D eigenvalue weighted by atomic mass is 16.4. The molecule has 0 heterocycles. The van der Waals surface area contributed by atoms with E-state index in [0.29, 0.717) is 17.5 Å². The maximum atomic E-state index is 11.3. The Morgan fingerprint density at radius 2 is 2.00 bits per heavy atom. The molecule has 0 amide bonds. The molecule has 2 rings (SSSR count). The summed E-state index contributed by atoms with van der Waals surface area (Å²) in [6.07, 6.45) is 6.18. The lowest BCUT2D eigenvalue weighted by molar-refractivity contribution is 0.0698. The number of hydrogen-bond acceptors (Lipinski definition) is 2. The molecule has 0 spiro atoms. The van der Waals surface area contributed by atoms with Crippen molar-refractivity contribution in [3.8, 4) is 0 Å². The van der Waals surface area contributed by atoms with Crippen LogP contribution in [-0.4, -0.2) is 17.1 Å². The lowest BCUT2D eigenvalue weighted by Gasteiger charge is -2.25. The van der Waals surface area contributed by atoms with Crippen molar-refractivity contribution in [3.63, 3.8) is 0 Å². The van der Waals surface area contributed by atoms with Gasteiger partial charge in [-0.1, -0.05) is 32.3 Å². The Bertz CT molecular complexity index is 456. The van der Waals surface area contributed by atoms with Gasteiger partial charge in [0.05, 0.1) is 5.56 Å². The lowest BCUT2D eigenvalue weighted by Crippen LogP contribution is -2.27. The standard InChI is InChI=1S/C16H23NO2/c1-11-8-9-13(16(18)19)15(10-11)17-14-7-5-3-4-6-12(14)2/h8-10,12,14,17H,3-7H2,1-2H3,(H,18,19). The summed E-state index contributed by atoms with van der Waals surface area (Å²) in [5, 5.41) is 12.7. The van der Waals surface area contributed by atoms with E-state index in [1.807, 2.05) is 19.1 Å². The Morgan fingerprint density at radius 1 is 1.26 bits per heavy atom. The molecule has 0 bridgehead atoms. The number of aryl methyl sites for hydroxylation is 1.